The Bertz CT molecular complexity index is 635. The first-order chi connectivity index (χ1) is 9.69. The highest BCUT2D eigenvalue weighted by molar-refractivity contribution is 5.36. The van der Waals surface area contributed by atoms with Gasteiger partial charge in [0.15, 0.2) is 0 Å². The number of ether oxygens (including phenoxy) is 2. The Morgan fingerprint density at radius 2 is 1.90 bits per heavy atom. The highest BCUT2D eigenvalue weighted by Gasteiger charge is 2.02. The lowest BCUT2D eigenvalue weighted by Gasteiger charge is -2.10. The van der Waals surface area contributed by atoms with Gasteiger partial charge in [-0.25, -0.2) is 4.39 Å². The first-order valence-electron chi connectivity index (χ1n) is 6.21. The molecule has 2 rings (SSSR count). The lowest BCUT2D eigenvalue weighted by molar-refractivity contribution is 0.216. The number of aryl methyl sites for hydroxylation is 1. The lowest BCUT2D eigenvalue weighted by Crippen LogP contribution is -2.09. The standard InChI is InChI=1S/C16H14FNO2/c1-12-5-6-14(17)10-16(12)20-8-7-19-15-4-2-3-13(9-15)11-18/h2-6,9-10H,7-8H2,1H3. The summed E-state index contributed by atoms with van der Waals surface area (Å²) >= 11 is 0. The molecule has 0 saturated carbocycles. The van der Waals surface area contributed by atoms with E-state index < -0.39 is 0 Å². The molecule has 0 atom stereocenters. The zero-order valence-electron chi connectivity index (χ0n) is 11.1. The minimum atomic E-state index is -0.326. The summed E-state index contributed by atoms with van der Waals surface area (Å²) in [4.78, 5) is 0. The molecule has 0 amide bonds. The minimum Gasteiger partial charge on any atom is -0.490 e. The Morgan fingerprint density at radius 3 is 2.70 bits per heavy atom. The third kappa shape index (κ3) is 3.72. The Kier molecular flexibility index (Phi) is 4.56. The number of benzene rings is 2. The van der Waals surface area contributed by atoms with Crippen LogP contribution in [0, 0.1) is 24.1 Å². The third-order valence-electron chi connectivity index (χ3n) is 2.72. The molecule has 0 bridgehead atoms. The van der Waals surface area contributed by atoms with E-state index in [1.807, 2.05) is 13.0 Å². The number of nitriles is 1. The minimum absolute atomic E-state index is 0.307. The van der Waals surface area contributed by atoms with Crippen LogP contribution in [0.5, 0.6) is 11.5 Å². The summed E-state index contributed by atoms with van der Waals surface area (Å²) in [6.45, 7) is 2.48. The summed E-state index contributed by atoms with van der Waals surface area (Å²) in [6, 6.07) is 13.4. The monoisotopic (exact) mass is 271 g/mol. The van der Waals surface area contributed by atoms with Crippen molar-refractivity contribution < 1.29 is 13.9 Å². The van der Waals surface area contributed by atoms with E-state index in [2.05, 4.69) is 0 Å². The molecule has 2 aromatic carbocycles. The van der Waals surface area contributed by atoms with Crippen LogP contribution in [0.25, 0.3) is 0 Å². The fourth-order valence-corrected chi connectivity index (χ4v) is 1.70. The highest BCUT2D eigenvalue weighted by Crippen LogP contribution is 2.18. The number of rotatable bonds is 5. The van der Waals surface area contributed by atoms with Crippen molar-refractivity contribution in [2.75, 3.05) is 13.2 Å². The van der Waals surface area contributed by atoms with Gasteiger partial charge in [-0.2, -0.15) is 5.26 Å². The van der Waals surface area contributed by atoms with Crippen LogP contribution in [0.2, 0.25) is 0 Å². The van der Waals surface area contributed by atoms with Crippen molar-refractivity contribution in [3.63, 3.8) is 0 Å². The first kappa shape index (κ1) is 13.9. The van der Waals surface area contributed by atoms with Gasteiger partial charge >= 0.3 is 0 Å². The first-order valence-corrected chi connectivity index (χ1v) is 6.21. The van der Waals surface area contributed by atoms with E-state index in [9.17, 15) is 4.39 Å². The predicted molar refractivity (Wildman–Crippen MR) is 73.3 cm³/mol. The molecule has 0 N–H and O–H groups in total. The van der Waals surface area contributed by atoms with Crippen molar-refractivity contribution in [1.82, 2.24) is 0 Å². The van der Waals surface area contributed by atoms with Gasteiger partial charge in [0.2, 0.25) is 0 Å². The van der Waals surface area contributed by atoms with Crippen molar-refractivity contribution >= 4 is 0 Å². The van der Waals surface area contributed by atoms with E-state index >= 15 is 0 Å². The summed E-state index contributed by atoms with van der Waals surface area (Å²) < 4.78 is 24.0. The fraction of sp³-hybridized carbons (Fsp3) is 0.188. The maximum absolute atomic E-state index is 13.1. The second-order valence-corrected chi connectivity index (χ2v) is 4.25. The largest absolute Gasteiger partial charge is 0.490 e. The lowest BCUT2D eigenvalue weighted by atomic mass is 10.2. The van der Waals surface area contributed by atoms with Crippen LogP contribution in [0.4, 0.5) is 4.39 Å². The van der Waals surface area contributed by atoms with E-state index in [1.165, 1.54) is 12.1 Å². The van der Waals surface area contributed by atoms with E-state index in [0.29, 0.717) is 30.3 Å². The fourth-order valence-electron chi connectivity index (χ4n) is 1.70. The average molecular weight is 271 g/mol. The van der Waals surface area contributed by atoms with Crippen LogP contribution in [-0.2, 0) is 0 Å². The third-order valence-corrected chi connectivity index (χ3v) is 2.72. The smallest absolute Gasteiger partial charge is 0.126 e. The molecule has 0 fully saturated rings. The van der Waals surface area contributed by atoms with Crippen LogP contribution in [-0.4, -0.2) is 13.2 Å². The Morgan fingerprint density at radius 1 is 1.10 bits per heavy atom. The predicted octanol–water partition coefficient (Wildman–Crippen LogP) is 3.46. The van der Waals surface area contributed by atoms with Crippen molar-refractivity contribution in [3.8, 4) is 17.6 Å². The maximum Gasteiger partial charge on any atom is 0.126 e. The van der Waals surface area contributed by atoms with Gasteiger partial charge in [0.05, 0.1) is 11.6 Å². The van der Waals surface area contributed by atoms with Crippen molar-refractivity contribution in [1.29, 1.82) is 5.26 Å². The zero-order chi connectivity index (χ0) is 14.4. The molecule has 0 saturated heterocycles. The summed E-state index contributed by atoms with van der Waals surface area (Å²) in [7, 11) is 0. The molecule has 0 radical (unpaired) electrons. The van der Waals surface area contributed by atoms with Crippen molar-refractivity contribution in [2.24, 2.45) is 0 Å². The number of nitrogens with zero attached hydrogens (tertiary/aromatic N) is 1. The molecule has 102 valence electrons. The molecule has 0 heterocycles. The van der Waals surface area contributed by atoms with Crippen LogP contribution < -0.4 is 9.47 Å². The maximum atomic E-state index is 13.1. The van der Waals surface area contributed by atoms with Gasteiger partial charge in [0.1, 0.15) is 30.5 Å². The number of hydrogen-bond acceptors (Lipinski definition) is 3. The molecule has 0 aliphatic carbocycles. The molecule has 20 heavy (non-hydrogen) atoms. The number of hydrogen-bond donors (Lipinski definition) is 0. The zero-order valence-corrected chi connectivity index (χ0v) is 11.1. The van der Waals surface area contributed by atoms with E-state index in [0.717, 1.165) is 5.56 Å². The molecular formula is C16H14FNO2. The molecule has 0 aliphatic heterocycles. The molecule has 2 aromatic rings. The summed E-state index contributed by atoms with van der Waals surface area (Å²) in [5.74, 6) is 0.802. The molecule has 0 unspecified atom stereocenters. The second kappa shape index (κ2) is 6.58. The Labute approximate surface area is 117 Å². The van der Waals surface area contributed by atoms with Crippen molar-refractivity contribution in [2.45, 2.75) is 6.92 Å². The van der Waals surface area contributed by atoms with Crippen LogP contribution in [0.3, 0.4) is 0 Å². The van der Waals surface area contributed by atoms with Crippen LogP contribution >= 0.6 is 0 Å². The topological polar surface area (TPSA) is 42.2 Å². The van der Waals surface area contributed by atoms with Gasteiger partial charge in [0.25, 0.3) is 0 Å². The average Bonchev–Trinajstić information content (AvgIpc) is 2.47. The quantitative estimate of drug-likeness (QED) is 0.782. The van der Waals surface area contributed by atoms with E-state index in [-0.39, 0.29) is 5.82 Å². The van der Waals surface area contributed by atoms with E-state index in [4.69, 9.17) is 14.7 Å². The second-order valence-electron chi connectivity index (χ2n) is 4.25. The van der Waals surface area contributed by atoms with Gasteiger partial charge in [-0.15, -0.1) is 0 Å². The van der Waals surface area contributed by atoms with Gasteiger partial charge in [-0.05, 0) is 36.8 Å². The molecule has 0 aromatic heterocycles. The summed E-state index contributed by atoms with van der Waals surface area (Å²) in [5.41, 5.74) is 1.42. The molecule has 4 heteroatoms. The Hall–Kier alpha value is -2.54. The number of halogens is 1. The summed E-state index contributed by atoms with van der Waals surface area (Å²) in [5, 5.41) is 8.77. The van der Waals surface area contributed by atoms with E-state index in [1.54, 1.807) is 30.3 Å². The highest BCUT2D eigenvalue weighted by atomic mass is 19.1. The van der Waals surface area contributed by atoms with Crippen molar-refractivity contribution in [3.05, 3.63) is 59.4 Å². The van der Waals surface area contributed by atoms with Gasteiger partial charge in [-0.1, -0.05) is 12.1 Å². The molecule has 3 nitrogen and oxygen atoms in total. The SMILES string of the molecule is Cc1ccc(F)cc1OCCOc1cccc(C#N)c1. The van der Waals surface area contributed by atoms with Gasteiger partial charge in [-0.3, -0.25) is 0 Å². The molecule has 0 spiro atoms. The van der Waals surface area contributed by atoms with Gasteiger partial charge in [0, 0.05) is 6.07 Å². The molecule has 0 aliphatic rings. The van der Waals surface area contributed by atoms with Crippen LogP contribution in [0.15, 0.2) is 42.5 Å². The Balaban J connectivity index is 1.84. The van der Waals surface area contributed by atoms with Crippen LogP contribution in [0.1, 0.15) is 11.1 Å². The van der Waals surface area contributed by atoms with Gasteiger partial charge < -0.3 is 9.47 Å². The normalized spacial score (nSPS) is 9.85. The molecular weight excluding hydrogens is 257 g/mol. The summed E-state index contributed by atoms with van der Waals surface area (Å²) in [6.07, 6.45) is 0.